The molecule has 5 nitrogen and oxygen atoms in total. The highest BCUT2D eigenvalue weighted by atomic mass is 16.5. The normalized spacial score (nSPS) is 17.5. The fraction of sp³-hybridized carbons (Fsp3) is 0.385. The molecule has 1 aliphatic rings. The number of amides is 1. The number of carboxylic acids is 1. The van der Waals surface area contributed by atoms with Crippen molar-refractivity contribution in [2.75, 3.05) is 20.2 Å². The van der Waals surface area contributed by atoms with Crippen LogP contribution in [0, 0.1) is 0 Å². The van der Waals surface area contributed by atoms with Crippen LogP contribution in [0.1, 0.15) is 17.9 Å². The maximum atomic E-state index is 12.2. The number of rotatable bonds is 3. The van der Waals surface area contributed by atoms with Crippen molar-refractivity contribution in [1.29, 1.82) is 0 Å². The first kappa shape index (κ1) is 12.4. The van der Waals surface area contributed by atoms with Crippen LogP contribution >= 0.6 is 0 Å². The summed E-state index contributed by atoms with van der Waals surface area (Å²) in [5.74, 6) is -0.774. The third kappa shape index (κ3) is 2.45. The van der Waals surface area contributed by atoms with E-state index in [9.17, 15) is 9.59 Å². The number of nitrogens with zero attached hydrogens (tertiary/aromatic N) is 1. The van der Waals surface area contributed by atoms with Crippen LogP contribution in [0.5, 0.6) is 5.75 Å². The summed E-state index contributed by atoms with van der Waals surface area (Å²) < 4.78 is 5.48. The highest BCUT2D eigenvalue weighted by molar-refractivity contribution is 5.87. The predicted octanol–water partition coefficient (Wildman–Crippen LogP) is 1.10. The highest BCUT2D eigenvalue weighted by Crippen LogP contribution is 2.34. The average molecular weight is 249 g/mol. The largest absolute Gasteiger partial charge is 0.493 e. The highest BCUT2D eigenvalue weighted by Gasteiger charge is 2.30. The molecule has 2 rings (SSSR count). The van der Waals surface area contributed by atoms with Gasteiger partial charge in [-0.15, -0.1) is 0 Å². The molecule has 96 valence electrons. The summed E-state index contributed by atoms with van der Waals surface area (Å²) in [6.07, 6.45) is 0.583. The molecule has 0 aliphatic carbocycles. The van der Waals surface area contributed by atoms with E-state index in [1.165, 1.54) is 11.9 Å². The second-order valence-corrected chi connectivity index (χ2v) is 4.32. The van der Waals surface area contributed by atoms with Gasteiger partial charge in [0, 0.05) is 12.6 Å². The standard InChI is InChI=1S/C13H15NO4/c1-14(8-12(15)16)13(17)10-6-7-18-11-5-3-2-4-9(10)11/h2-5,10H,6-8H2,1H3,(H,15,16)/t10-/m1/s1. The van der Waals surface area contributed by atoms with Crippen molar-refractivity contribution in [2.24, 2.45) is 0 Å². The summed E-state index contributed by atoms with van der Waals surface area (Å²) in [5.41, 5.74) is 0.839. The number of ether oxygens (including phenoxy) is 1. The number of fused-ring (bicyclic) bond motifs is 1. The van der Waals surface area contributed by atoms with E-state index in [0.29, 0.717) is 18.8 Å². The number of para-hydroxylation sites is 1. The number of hydrogen-bond donors (Lipinski definition) is 1. The van der Waals surface area contributed by atoms with E-state index in [2.05, 4.69) is 0 Å². The van der Waals surface area contributed by atoms with Crippen molar-refractivity contribution in [3.05, 3.63) is 29.8 Å². The van der Waals surface area contributed by atoms with Crippen LogP contribution < -0.4 is 4.74 Å². The molecule has 1 heterocycles. The van der Waals surface area contributed by atoms with Crippen LogP contribution in [0.4, 0.5) is 0 Å². The zero-order valence-electron chi connectivity index (χ0n) is 10.1. The van der Waals surface area contributed by atoms with E-state index in [1.54, 1.807) is 0 Å². The smallest absolute Gasteiger partial charge is 0.323 e. The maximum absolute atomic E-state index is 12.2. The van der Waals surface area contributed by atoms with Crippen molar-refractivity contribution >= 4 is 11.9 Å². The van der Waals surface area contributed by atoms with Crippen LogP contribution in [-0.4, -0.2) is 42.1 Å². The molecule has 0 saturated carbocycles. The molecule has 0 radical (unpaired) electrons. The van der Waals surface area contributed by atoms with Crippen LogP contribution in [0.15, 0.2) is 24.3 Å². The molecule has 18 heavy (non-hydrogen) atoms. The Morgan fingerprint density at radius 1 is 1.44 bits per heavy atom. The molecule has 0 bridgehead atoms. The zero-order chi connectivity index (χ0) is 13.1. The lowest BCUT2D eigenvalue weighted by Crippen LogP contribution is -2.37. The summed E-state index contributed by atoms with van der Waals surface area (Å²) in [6, 6.07) is 7.38. The van der Waals surface area contributed by atoms with Crippen molar-refractivity contribution in [3.8, 4) is 5.75 Å². The van der Waals surface area contributed by atoms with Gasteiger partial charge in [-0.1, -0.05) is 18.2 Å². The second-order valence-electron chi connectivity index (χ2n) is 4.32. The molecular weight excluding hydrogens is 234 g/mol. The molecule has 1 atom stereocenters. The van der Waals surface area contributed by atoms with Gasteiger partial charge in [0.25, 0.3) is 0 Å². The number of carboxylic acid groups (broad SMARTS) is 1. The topological polar surface area (TPSA) is 66.8 Å². The van der Waals surface area contributed by atoms with Gasteiger partial charge in [0.15, 0.2) is 0 Å². The van der Waals surface area contributed by atoms with Gasteiger partial charge in [0.05, 0.1) is 12.5 Å². The Bertz CT molecular complexity index is 472. The molecular formula is C13H15NO4. The van der Waals surface area contributed by atoms with Crippen LogP contribution in [0.2, 0.25) is 0 Å². The SMILES string of the molecule is CN(CC(=O)O)C(=O)[C@@H]1CCOc2ccccc21. The monoisotopic (exact) mass is 249 g/mol. The van der Waals surface area contributed by atoms with Gasteiger partial charge >= 0.3 is 5.97 Å². The third-order valence-corrected chi connectivity index (χ3v) is 3.01. The summed E-state index contributed by atoms with van der Waals surface area (Å²) in [5, 5.41) is 8.71. The number of carbonyl (C=O) groups is 2. The average Bonchev–Trinajstić information content (AvgIpc) is 2.36. The van der Waals surface area contributed by atoms with E-state index in [1.807, 2.05) is 24.3 Å². The van der Waals surface area contributed by atoms with Crippen molar-refractivity contribution < 1.29 is 19.4 Å². The van der Waals surface area contributed by atoms with Crippen LogP contribution in [-0.2, 0) is 9.59 Å². The summed E-state index contributed by atoms with van der Waals surface area (Å²) in [4.78, 5) is 24.1. The first-order valence-electron chi connectivity index (χ1n) is 5.78. The Labute approximate surface area is 105 Å². The van der Waals surface area contributed by atoms with Gasteiger partial charge < -0.3 is 14.7 Å². The number of aliphatic carboxylic acids is 1. The van der Waals surface area contributed by atoms with Gasteiger partial charge in [-0.05, 0) is 12.5 Å². The lowest BCUT2D eigenvalue weighted by atomic mass is 9.92. The quantitative estimate of drug-likeness (QED) is 0.871. The van der Waals surface area contributed by atoms with Gasteiger partial charge in [-0.2, -0.15) is 0 Å². The van der Waals surface area contributed by atoms with E-state index in [-0.39, 0.29) is 18.4 Å². The summed E-state index contributed by atoms with van der Waals surface area (Å²) in [6.45, 7) is 0.201. The molecule has 0 saturated heterocycles. The van der Waals surface area contributed by atoms with Crippen LogP contribution in [0.3, 0.4) is 0 Å². The Morgan fingerprint density at radius 3 is 2.89 bits per heavy atom. The molecule has 0 aromatic heterocycles. The lowest BCUT2D eigenvalue weighted by Gasteiger charge is -2.28. The second kappa shape index (κ2) is 5.08. The molecule has 1 aliphatic heterocycles. The Balaban J connectivity index is 2.20. The van der Waals surface area contributed by atoms with E-state index in [4.69, 9.17) is 9.84 Å². The van der Waals surface area contributed by atoms with Crippen molar-refractivity contribution in [1.82, 2.24) is 4.90 Å². The minimum Gasteiger partial charge on any atom is -0.493 e. The van der Waals surface area contributed by atoms with E-state index >= 15 is 0 Å². The van der Waals surface area contributed by atoms with Crippen molar-refractivity contribution in [2.45, 2.75) is 12.3 Å². The Hall–Kier alpha value is -2.04. The molecule has 0 unspecified atom stereocenters. The Kier molecular flexibility index (Phi) is 3.50. The molecule has 5 heteroatoms. The number of likely N-dealkylation sites (N-methyl/N-ethyl adjacent to an activating group) is 1. The molecule has 1 N–H and O–H groups in total. The molecule has 0 spiro atoms. The minimum absolute atomic E-state index is 0.173. The lowest BCUT2D eigenvalue weighted by molar-refractivity contribution is -0.144. The predicted molar refractivity (Wildman–Crippen MR) is 64.6 cm³/mol. The van der Waals surface area contributed by atoms with Gasteiger partial charge in [-0.3, -0.25) is 9.59 Å². The first-order valence-corrected chi connectivity index (χ1v) is 5.78. The fourth-order valence-corrected chi connectivity index (χ4v) is 2.15. The number of benzene rings is 1. The molecule has 0 fully saturated rings. The number of hydrogen-bond acceptors (Lipinski definition) is 3. The van der Waals surface area contributed by atoms with Gasteiger partial charge in [-0.25, -0.2) is 0 Å². The van der Waals surface area contributed by atoms with Crippen molar-refractivity contribution in [3.63, 3.8) is 0 Å². The summed E-state index contributed by atoms with van der Waals surface area (Å²) >= 11 is 0. The minimum atomic E-state index is -1.01. The molecule has 1 aromatic carbocycles. The van der Waals surface area contributed by atoms with Crippen LogP contribution in [0.25, 0.3) is 0 Å². The number of carbonyl (C=O) groups excluding carboxylic acids is 1. The molecule has 1 amide bonds. The van der Waals surface area contributed by atoms with Gasteiger partial charge in [0.1, 0.15) is 12.3 Å². The van der Waals surface area contributed by atoms with E-state index in [0.717, 1.165) is 5.56 Å². The third-order valence-electron chi connectivity index (χ3n) is 3.01. The first-order chi connectivity index (χ1) is 8.59. The van der Waals surface area contributed by atoms with E-state index < -0.39 is 5.97 Å². The summed E-state index contributed by atoms with van der Waals surface area (Å²) in [7, 11) is 1.51. The van der Waals surface area contributed by atoms with Gasteiger partial charge in [0.2, 0.25) is 5.91 Å². The molecule has 1 aromatic rings. The zero-order valence-corrected chi connectivity index (χ0v) is 10.1. The Morgan fingerprint density at radius 2 is 2.17 bits per heavy atom. The maximum Gasteiger partial charge on any atom is 0.323 e. The fourth-order valence-electron chi connectivity index (χ4n) is 2.15.